The number of hydrogen-bond donors (Lipinski definition) is 0. The van der Waals surface area contributed by atoms with Gasteiger partial charge in [-0.1, -0.05) is 234 Å². The summed E-state index contributed by atoms with van der Waals surface area (Å²) in [6, 6.07) is 115. The van der Waals surface area contributed by atoms with E-state index < -0.39 is 0 Å². The second-order valence-electron chi connectivity index (χ2n) is 24.5. The van der Waals surface area contributed by atoms with E-state index >= 15 is 0 Å². The highest BCUT2D eigenvalue weighted by atomic mass is 15.2. The number of aromatic nitrogens is 1. The summed E-state index contributed by atoms with van der Waals surface area (Å²) in [5, 5.41) is 2.42. The Morgan fingerprint density at radius 3 is 1.17 bits per heavy atom. The molecule has 13 aromatic carbocycles. The number of rotatable bonds is 11. The fraction of sp³-hybridized carbons (Fsp3) is 0.0714. The van der Waals surface area contributed by atoms with Crippen LogP contribution in [0.4, 0.5) is 34.1 Å². The van der Waals surface area contributed by atoms with Gasteiger partial charge in [0, 0.05) is 61.4 Å². The quantitative estimate of drug-likeness (QED) is 0.128. The minimum absolute atomic E-state index is 0.102. The smallest absolute Gasteiger partial charge is 0.0541 e. The summed E-state index contributed by atoms with van der Waals surface area (Å²) in [6.07, 6.45) is 0. The van der Waals surface area contributed by atoms with Crippen LogP contribution in [-0.4, -0.2) is 4.57 Å². The van der Waals surface area contributed by atoms with Gasteiger partial charge in [0.1, 0.15) is 0 Å². The topological polar surface area (TPSA) is 11.4 Å². The van der Waals surface area contributed by atoms with E-state index in [1.165, 1.54) is 99.7 Å². The van der Waals surface area contributed by atoms with Crippen LogP contribution in [0.1, 0.15) is 49.9 Å². The van der Waals surface area contributed by atoms with E-state index in [-0.39, 0.29) is 10.8 Å². The zero-order valence-electron chi connectivity index (χ0n) is 49.3. The van der Waals surface area contributed by atoms with Crippen molar-refractivity contribution in [2.45, 2.75) is 38.5 Å². The Balaban J connectivity index is 0.916. The van der Waals surface area contributed by atoms with Crippen LogP contribution in [0.25, 0.3) is 94.3 Å². The van der Waals surface area contributed by atoms with Crippen molar-refractivity contribution in [2.75, 3.05) is 9.80 Å². The van der Waals surface area contributed by atoms with Gasteiger partial charge in [-0.3, -0.25) is 0 Å². The molecule has 0 N–H and O–H groups in total. The Bertz CT molecular complexity index is 4940. The van der Waals surface area contributed by atoms with Gasteiger partial charge in [-0.15, -0.1) is 0 Å². The highest BCUT2D eigenvalue weighted by Crippen LogP contribution is 2.53. The highest BCUT2D eigenvalue weighted by Gasteiger charge is 2.37. The second-order valence-corrected chi connectivity index (χ2v) is 24.5. The van der Waals surface area contributed by atoms with Gasteiger partial charge in [-0.25, -0.2) is 0 Å². The molecule has 3 heteroatoms. The predicted molar refractivity (Wildman–Crippen MR) is 367 cm³/mol. The van der Waals surface area contributed by atoms with E-state index in [0.717, 1.165) is 50.9 Å². The van der Waals surface area contributed by atoms with Crippen LogP contribution >= 0.6 is 0 Å². The van der Waals surface area contributed by atoms with Crippen molar-refractivity contribution in [3.63, 3.8) is 0 Å². The van der Waals surface area contributed by atoms with Gasteiger partial charge in [-0.05, 0) is 192 Å². The van der Waals surface area contributed by atoms with Gasteiger partial charge >= 0.3 is 0 Å². The van der Waals surface area contributed by atoms with Crippen molar-refractivity contribution >= 4 is 55.9 Å². The van der Waals surface area contributed by atoms with E-state index in [1.54, 1.807) is 0 Å². The standard InChI is InChI=1S/C84H63N3/c1-83(2)77-29-17-14-26-71(77)73-47-38-62(53-79(73)83)60-36-44-66(45-37-60)85(65-40-32-58(33-41-65)56-20-8-5-9-21-56)69-50-63(61-39-49-82-76(52-61)75-28-16-19-31-81(75)87(82)64-24-12-7-13-25-64)51-70(54-69)86(67-42-34-59(35-43-67)57-22-10-6-11-23-57)68-46-48-74-72-27-15-18-30-78(72)84(3,4)80(74)55-68/h5-55H,1-4H3. The largest absolute Gasteiger partial charge is 0.310 e. The first-order valence-electron chi connectivity index (χ1n) is 30.4. The summed E-state index contributed by atoms with van der Waals surface area (Å²) in [6.45, 7) is 9.47. The first-order valence-corrected chi connectivity index (χ1v) is 30.4. The van der Waals surface area contributed by atoms with Crippen molar-refractivity contribution in [2.24, 2.45) is 0 Å². The number of benzene rings is 13. The lowest BCUT2D eigenvalue weighted by Gasteiger charge is -2.31. The predicted octanol–water partition coefficient (Wildman–Crippen LogP) is 23.0. The Morgan fingerprint density at radius 1 is 0.230 bits per heavy atom. The molecular formula is C84H63N3. The molecule has 0 amide bonds. The van der Waals surface area contributed by atoms with Gasteiger partial charge in [0.25, 0.3) is 0 Å². The third-order valence-corrected chi connectivity index (χ3v) is 18.8. The van der Waals surface area contributed by atoms with Gasteiger partial charge < -0.3 is 14.4 Å². The summed E-state index contributed by atoms with van der Waals surface area (Å²) in [5.41, 5.74) is 29.5. The third kappa shape index (κ3) is 8.72. The lowest BCUT2D eigenvalue weighted by atomic mass is 9.81. The maximum atomic E-state index is 2.48. The van der Waals surface area contributed by atoms with Crippen molar-refractivity contribution in [3.05, 3.63) is 332 Å². The number of para-hydroxylation sites is 2. The molecule has 0 saturated carbocycles. The van der Waals surface area contributed by atoms with Gasteiger partial charge in [-0.2, -0.15) is 0 Å². The van der Waals surface area contributed by atoms with E-state index in [0.29, 0.717) is 0 Å². The maximum Gasteiger partial charge on any atom is 0.0541 e. The Morgan fingerprint density at radius 2 is 0.609 bits per heavy atom. The molecule has 0 bridgehead atoms. The molecular weight excluding hydrogens is 1050 g/mol. The molecule has 0 saturated heterocycles. The molecule has 414 valence electrons. The second kappa shape index (κ2) is 20.5. The van der Waals surface area contributed by atoms with Crippen LogP contribution in [-0.2, 0) is 10.8 Å². The Hall–Kier alpha value is -10.7. The van der Waals surface area contributed by atoms with Crippen LogP contribution in [0, 0.1) is 0 Å². The highest BCUT2D eigenvalue weighted by molar-refractivity contribution is 6.11. The molecule has 87 heavy (non-hydrogen) atoms. The number of nitrogens with zero attached hydrogens (tertiary/aromatic N) is 3. The molecule has 0 spiro atoms. The molecule has 2 aliphatic rings. The van der Waals surface area contributed by atoms with Gasteiger partial charge in [0.15, 0.2) is 0 Å². The normalized spacial score (nSPS) is 13.2. The summed E-state index contributed by atoms with van der Waals surface area (Å²) >= 11 is 0. The molecule has 0 atom stereocenters. The summed E-state index contributed by atoms with van der Waals surface area (Å²) in [5.74, 6) is 0. The third-order valence-electron chi connectivity index (χ3n) is 18.8. The molecule has 0 aliphatic heterocycles. The molecule has 2 aliphatic carbocycles. The molecule has 3 nitrogen and oxygen atoms in total. The molecule has 1 heterocycles. The van der Waals surface area contributed by atoms with Gasteiger partial charge in [0.2, 0.25) is 0 Å². The van der Waals surface area contributed by atoms with Crippen molar-refractivity contribution in [3.8, 4) is 72.4 Å². The number of hydrogen-bond acceptors (Lipinski definition) is 2. The monoisotopic (exact) mass is 1110 g/mol. The minimum Gasteiger partial charge on any atom is -0.310 e. The zero-order chi connectivity index (χ0) is 58.4. The van der Waals surface area contributed by atoms with Crippen LogP contribution in [0.2, 0.25) is 0 Å². The van der Waals surface area contributed by atoms with Crippen LogP contribution in [0.15, 0.2) is 309 Å². The number of fused-ring (bicyclic) bond motifs is 9. The lowest BCUT2D eigenvalue weighted by Crippen LogP contribution is -2.17. The molecule has 14 aromatic rings. The van der Waals surface area contributed by atoms with Crippen molar-refractivity contribution in [1.29, 1.82) is 0 Å². The van der Waals surface area contributed by atoms with Crippen LogP contribution < -0.4 is 9.80 Å². The molecule has 1 aromatic heterocycles. The van der Waals surface area contributed by atoms with Crippen LogP contribution in [0.3, 0.4) is 0 Å². The average molecular weight is 1110 g/mol. The van der Waals surface area contributed by atoms with E-state index in [4.69, 9.17) is 0 Å². The first kappa shape index (κ1) is 51.9. The zero-order valence-corrected chi connectivity index (χ0v) is 49.3. The van der Waals surface area contributed by atoms with Crippen molar-refractivity contribution in [1.82, 2.24) is 4.57 Å². The summed E-state index contributed by atoms with van der Waals surface area (Å²) < 4.78 is 2.40. The lowest BCUT2D eigenvalue weighted by molar-refractivity contribution is 0.660. The Labute approximate surface area is 510 Å². The molecule has 0 radical (unpaired) electrons. The van der Waals surface area contributed by atoms with Crippen molar-refractivity contribution < 1.29 is 0 Å². The van der Waals surface area contributed by atoms with Crippen LogP contribution in [0.5, 0.6) is 0 Å². The fourth-order valence-electron chi connectivity index (χ4n) is 14.3. The number of anilines is 6. The molecule has 16 rings (SSSR count). The minimum atomic E-state index is -0.206. The fourth-order valence-corrected chi connectivity index (χ4v) is 14.3. The summed E-state index contributed by atoms with van der Waals surface area (Å²) in [4.78, 5) is 4.93. The SMILES string of the molecule is CC1(C)c2ccccc2-c2ccc(-c3ccc(N(c4ccc(-c5ccccc5)cc4)c4cc(-c5ccc6c(c5)c5ccccc5n6-c5ccccc5)cc(N(c5ccc(-c6ccccc6)cc5)c5ccc6c(c5)C(C)(C)c5ccccc5-6)c4)cc3)cc21. The molecule has 0 fully saturated rings. The Kier molecular flexibility index (Phi) is 12.2. The molecule has 0 unspecified atom stereocenters. The average Bonchev–Trinajstić information content (AvgIpc) is 2.22. The first-order chi connectivity index (χ1) is 42.6. The van der Waals surface area contributed by atoms with E-state index in [1.807, 2.05) is 0 Å². The van der Waals surface area contributed by atoms with E-state index in [9.17, 15) is 0 Å². The summed E-state index contributed by atoms with van der Waals surface area (Å²) in [7, 11) is 0. The van der Waals surface area contributed by atoms with Gasteiger partial charge in [0.05, 0.1) is 11.0 Å². The maximum absolute atomic E-state index is 2.48. The van der Waals surface area contributed by atoms with E-state index in [2.05, 4.69) is 351 Å².